The Labute approximate surface area is 183 Å². The van der Waals surface area contributed by atoms with E-state index >= 15 is 0 Å². The van der Waals surface area contributed by atoms with E-state index in [0.29, 0.717) is 50.6 Å². The highest BCUT2D eigenvalue weighted by Crippen LogP contribution is 2.23. The number of hydrogen-bond donors (Lipinski definition) is 2. The van der Waals surface area contributed by atoms with Crippen molar-refractivity contribution in [2.75, 3.05) is 26.2 Å². The summed E-state index contributed by atoms with van der Waals surface area (Å²) in [5.74, 6) is 0.145. The van der Waals surface area contributed by atoms with Crippen molar-refractivity contribution < 1.29 is 18.8 Å². The van der Waals surface area contributed by atoms with Crippen LogP contribution in [0.1, 0.15) is 68.1 Å². The lowest BCUT2D eigenvalue weighted by Crippen LogP contribution is -2.52. The smallest absolute Gasteiger partial charge is 0.315 e. The minimum atomic E-state index is -0.0636. The molecule has 1 aliphatic carbocycles. The molecule has 2 aliphatic heterocycles. The van der Waals surface area contributed by atoms with Crippen LogP contribution in [0.2, 0.25) is 0 Å². The summed E-state index contributed by atoms with van der Waals surface area (Å²) in [4.78, 5) is 41.4. The first-order valence-electron chi connectivity index (χ1n) is 11.8. The van der Waals surface area contributed by atoms with E-state index in [-0.39, 0.29) is 29.8 Å². The van der Waals surface area contributed by atoms with Gasteiger partial charge in [0, 0.05) is 44.2 Å². The van der Waals surface area contributed by atoms with Gasteiger partial charge < -0.3 is 24.9 Å². The van der Waals surface area contributed by atoms with Crippen LogP contribution in [-0.2, 0) is 4.79 Å². The van der Waals surface area contributed by atoms with Gasteiger partial charge in [0.2, 0.25) is 5.91 Å². The molecule has 0 bridgehead atoms. The highest BCUT2D eigenvalue weighted by Gasteiger charge is 2.32. The number of carbonyl (C=O) groups is 3. The van der Waals surface area contributed by atoms with E-state index in [2.05, 4.69) is 10.6 Å². The molecular weight excluding hydrogens is 396 g/mol. The molecule has 3 aliphatic rings. The zero-order chi connectivity index (χ0) is 21.6. The van der Waals surface area contributed by atoms with Crippen LogP contribution in [0.4, 0.5) is 4.79 Å². The van der Waals surface area contributed by atoms with Gasteiger partial charge >= 0.3 is 6.03 Å². The third-order valence-corrected chi connectivity index (χ3v) is 6.98. The molecule has 0 aromatic carbocycles. The van der Waals surface area contributed by atoms with Gasteiger partial charge in [0.1, 0.15) is 6.26 Å². The number of rotatable bonds is 4. The predicted octanol–water partition coefficient (Wildman–Crippen LogP) is 2.75. The molecule has 0 unspecified atom stereocenters. The first-order valence-corrected chi connectivity index (χ1v) is 11.8. The van der Waals surface area contributed by atoms with Crippen LogP contribution in [0.3, 0.4) is 0 Å². The van der Waals surface area contributed by atoms with Gasteiger partial charge in [0.25, 0.3) is 5.91 Å². The first-order chi connectivity index (χ1) is 15.1. The van der Waals surface area contributed by atoms with Crippen molar-refractivity contribution in [3.05, 3.63) is 24.2 Å². The SMILES string of the molecule is O=C(NC1CCCCC1)NC1CCN(C(=O)C2CCN(C(=O)c3ccoc3)CC2)CC1. The molecule has 8 heteroatoms. The molecule has 1 saturated carbocycles. The summed E-state index contributed by atoms with van der Waals surface area (Å²) < 4.78 is 5.00. The minimum absolute atomic E-state index is 0.0208. The summed E-state index contributed by atoms with van der Waals surface area (Å²) >= 11 is 0. The Kier molecular flexibility index (Phi) is 7.14. The van der Waals surface area contributed by atoms with Gasteiger partial charge in [-0.15, -0.1) is 0 Å². The van der Waals surface area contributed by atoms with Crippen molar-refractivity contribution in [1.29, 1.82) is 0 Å². The maximum Gasteiger partial charge on any atom is 0.315 e. The fourth-order valence-electron chi connectivity index (χ4n) is 5.06. The Balaban J connectivity index is 1.16. The quantitative estimate of drug-likeness (QED) is 0.768. The van der Waals surface area contributed by atoms with Crippen LogP contribution in [-0.4, -0.2) is 65.9 Å². The zero-order valence-corrected chi connectivity index (χ0v) is 18.2. The first kappa shape index (κ1) is 21.7. The van der Waals surface area contributed by atoms with E-state index in [9.17, 15) is 14.4 Å². The van der Waals surface area contributed by atoms with E-state index in [0.717, 1.165) is 25.7 Å². The van der Waals surface area contributed by atoms with Crippen molar-refractivity contribution in [2.24, 2.45) is 5.92 Å². The summed E-state index contributed by atoms with van der Waals surface area (Å²) in [6.07, 6.45) is 11.8. The van der Waals surface area contributed by atoms with Gasteiger partial charge in [-0.05, 0) is 44.6 Å². The number of carbonyl (C=O) groups excluding carboxylic acids is 3. The maximum atomic E-state index is 13.0. The third kappa shape index (κ3) is 5.60. The summed E-state index contributed by atoms with van der Waals surface area (Å²) in [7, 11) is 0. The molecule has 4 amide bonds. The molecule has 2 saturated heterocycles. The second kappa shape index (κ2) is 10.2. The van der Waals surface area contributed by atoms with E-state index in [1.807, 2.05) is 4.90 Å². The number of likely N-dealkylation sites (tertiary alicyclic amines) is 2. The molecular formula is C23H34N4O4. The van der Waals surface area contributed by atoms with Crippen LogP contribution in [0.15, 0.2) is 23.0 Å². The highest BCUT2D eigenvalue weighted by atomic mass is 16.3. The molecule has 3 fully saturated rings. The number of furan rings is 1. The summed E-state index contributed by atoms with van der Waals surface area (Å²) in [5.41, 5.74) is 0.562. The lowest BCUT2D eigenvalue weighted by Gasteiger charge is -2.37. The fraction of sp³-hybridized carbons (Fsp3) is 0.696. The van der Waals surface area contributed by atoms with Crippen molar-refractivity contribution >= 4 is 17.8 Å². The lowest BCUT2D eigenvalue weighted by atomic mass is 9.93. The number of hydrogen-bond acceptors (Lipinski definition) is 4. The van der Waals surface area contributed by atoms with Gasteiger partial charge in [-0.2, -0.15) is 0 Å². The molecule has 0 spiro atoms. The number of nitrogens with one attached hydrogen (secondary N) is 2. The van der Waals surface area contributed by atoms with Crippen molar-refractivity contribution in [2.45, 2.75) is 69.9 Å². The molecule has 4 rings (SSSR count). The van der Waals surface area contributed by atoms with Crippen LogP contribution in [0.25, 0.3) is 0 Å². The van der Waals surface area contributed by atoms with Crippen LogP contribution < -0.4 is 10.6 Å². The normalized spacial score (nSPS) is 21.7. The number of nitrogens with zero attached hydrogens (tertiary/aromatic N) is 2. The van der Waals surface area contributed by atoms with Crippen molar-refractivity contribution in [1.82, 2.24) is 20.4 Å². The van der Waals surface area contributed by atoms with Crippen LogP contribution >= 0.6 is 0 Å². The molecule has 8 nitrogen and oxygen atoms in total. The summed E-state index contributed by atoms with van der Waals surface area (Å²) in [6, 6.07) is 2.04. The fourth-order valence-corrected chi connectivity index (χ4v) is 5.06. The van der Waals surface area contributed by atoms with Crippen LogP contribution in [0, 0.1) is 5.92 Å². The Morgan fingerprint density at radius 3 is 2.03 bits per heavy atom. The average molecular weight is 431 g/mol. The maximum absolute atomic E-state index is 13.0. The van der Waals surface area contributed by atoms with Crippen molar-refractivity contribution in [3.63, 3.8) is 0 Å². The van der Waals surface area contributed by atoms with Gasteiger partial charge in [-0.25, -0.2) is 4.79 Å². The Morgan fingerprint density at radius 1 is 0.806 bits per heavy atom. The molecule has 1 aromatic heterocycles. The summed E-state index contributed by atoms with van der Waals surface area (Å²) in [5, 5.41) is 6.20. The molecule has 31 heavy (non-hydrogen) atoms. The minimum Gasteiger partial charge on any atom is -0.472 e. The van der Waals surface area contributed by atoms with Crippen LogP contribution in [0.5, 0.6) is 0 Å². The predicted molar refractivity (Wildman–Crippen MR) is 115 cm³/mol. The van der Waals surface area contributed by atoms with Crippen molar-refractivity contribution in [3.8, 4) is 0 Å². The monoisotopic (exact) mass is 430 g/mol. The average Bonchev–Trinajstić information content (AvgIpc) is 3.34. The Hall–Kier alpha value is -2.51. The Bertz CT molecular complexity index is 744. The molecule has 3 heterocycles. The van der Waals surface area contributed by atoms with E-state index < -0.39 is 0 Å². The molecule has 170 valence electrons. The van der Waals surface area contributed by atoms with E-state index in [4.69, 9.17) is 4.42 Å². The van der Waals surface area contributed by atoms with Gasteiger partial charge in [-0.3, -0.25) is 9.59 Å². The zero-order valence-electron chi connectivity index (χ0n) is 18.2. The van der Waals surface area contributed by atoms with Gasteiger partial charge in [0.15, 0.2) is 0 Å². The second-order valence-corrected chi connectivity index (χ2v) is 9.13. The topological polar surface area (TPSA) is 94.9 Å². The van der Waals surface area contributed by atoms with E-state index in [1.165, 1.54) is 31.8 Å². The largest absolute Gasteiger partial charge is 0.472 e. The second-order valence-electron chi connectivity index (χ2n) is 9.13. The van der Waals surface area contributed by atoms with Gasteiger partial charge in [-0.1, -0.05) is 19.3 Å². The lowest BCUT2D eigenvalue weighted by molar-refractivity contribution is -0.138. The third-order valence-electron chi connectivity index (χ3n) is 6.98. The standard InChI is InChI=1S/C23H34N4O4/c28-21(17-6-11-26(12-7-17)22(29)18-10-15-31-16-18)27-13-8-20(9-14-27)25-23(30)24-19-4-2-1-3-5-19/h10,15-17,19-20H,1-9,11-14H2,(H2,24,25,30). The number of urea groups is 1. The molecule has 0 radical (unpaired) electrons. The Morgan fingerprint density at radius 2 is 1.42 bits per heavy atom. The molecule has 0 atom stereocenters. The van der Waals surface area contributed by atoms with Gasteiger partial charge in [0.05, 0.1) is 11.8 Å². The number of piperidine rings is 2. The number of amides is 4. The molecule has 1 aromatic rings. The van der Waals surface area contributed by atoms with E-state index in [1.54, 1.807) is 11.0 Å². The molecule has 2 N–H and O–H groups in total. The summed E-state index contributed by atoms with van der Waals surface area (Å²) in [6.45, 7) is 2.56. The highest BCUT2D eigenvalue weighted by molar-refractivity contribution is 5.94.